The largest absolute Gasteiger partial charge is 0.326 e. The smallest absolute Gasteiger partial charge is 0.244 e. The lowest BCUT2D eigenvalue weighted by Gasteiger charge is -2.31. The maximum atomic E-state index is 11.9. The Morgan fingerprint density at radius 3 is 2.81 bits per heavy atom. The molecular weight excluding hydrogens is 266 g/mol. The van der Waals surface area contributed by atoms with Crippen LogP contribution in [-0.2, 0) is 11.3 Å². The van der Waals surface area contributed by atoms with Gasteiger partial charge in [-0.2, -0.15) is 5.10 Å². The van der Waals surface area contributed by atoms with Crippen LogP contribution in [-0.4, -0.2) is 22.6 Å². The number of carbonyl (C=O) groups is 1. The molecule has 6 heteroatoms. The average molecular weight is 283 g/mol. The summed E-state index contributed by atoms with van der Waals surface area (Å²) >= 11 is 0. The van der Waals surface area contributed by atoms with Crippen LogP contribution in [0.15, 0.2) is 24.3 Å². The molecule has 3 rings (SSSR count). The number of hydrogen-bond acceptors (Lipinski definition) is 5. The van der Waals surface area contributed by atoms with Gasteiger partial charge in [-0.05, 0) is 31.5 Å². The van der Waals surface area contributed by atoms with Crippen molar-refractivity contribution in [1.82, 2.24) is 10.2 Å². The van der Waals surface area contributed by atoms with Crippen molar-refractivity contribution in [2.75, 3.05) is 16.8 Å². The van der Waals surface area contributed by atoms with Gasteiger partial charge in [0, 0.05) is 12.1 Å². The van der Waals surface area contributed by atoms with E-state index in [2.05, 4.69) is 15.5 Å². The minimum atomic E-state index is -0.0725. The van der Waals surface area contributed by atoms with Crippen molar-refractivity contribution in [3.8, 4) is 0 Å². The van der Waals surface area contributed by atoms with Gasteiger partial charge in [-0.3, -0.25) is 4.79 Å². The number of para-hydroxylation sites is 2. The first-order chi connectivity index (χ1) is 10.1. The molecule has 0 bridgehead atoms. The standard InChI is InChI=1S/C15H17N5O/c1-9-10(2)18-19-15(11(9)7-16)20-8-14(21)17-12-5-3-4-6-13(12)20/h3-6H,7-8,16H2,1-2H3,(H,17,21). The van der Waals surface area contributed by atoms with Gasteiger partial charge < -0.3 is 16.0 Å². The lowest BCUT2D eigenvalue weighted by Crippen LogP contribution is -2.36. The van der Waals surface area contributed by atoms with E-state index in [0.717, 1.165) is 28.2 Å². The average Bonchev–Trinajstić information content (AvgIpc) is 2.49. The van der Waals surface area contributed by atoms with E-state index in [4.69, 9.17) is 5.73 Å². The van der Waals surface area contributed by atoms with Crippen molar-refractivity contribution < 1.29 is 4.79 Å². The summed E-state index contributed by atoms with van der Waals surface area (Å²) in [5.74, 6) is 0.583. The van der Waals surface area contributed by atoms with E-state index in [1.807, 2.05) is 43.0 Å². The van der Waals surface area contributed by atoms with Crippen molar-refractivity contribution in [3.05, 3.63) is 41.1 Å². The molecular formula is C15H17N5O. The number of hydrogen-bond donors (Lipinski definition) is 2. The summed E-state index contributed by atoms with van der Waals surface area (Å²) in [5, 5.41) is 11.3. The van der Waals surface area contributed by atoms with E-state index in [1.165, 1.54) is 0 Å². The first kappa shape index (κ1) is 13.5. The first-order valence-electron chi connectivity index (χ1n) is 6.81. The van der Waals surface area contributed by atoms with Gasteiger partial charge in [-0.15, -0.1) is 5.10 Å². The Hall–Kier alpha value is -2.47. The lowest BCUT2D eigenvalue weighted by molar-refractivity contribution is -0.115. The molecule has 0 atom stereocenters. The normalized spacial score (nSPS) is 13.9. The maximum Gasteiger partial charge on any atom is 0.244 e. The molecule has 1 aromatic carbocycles. The summed E-state index contributed by atoms with van der Waals surface area (Å²) in [6.07, 6.45) is 0. The van der Waals surface area contributed by atoms with Crippen molar-refractivity contribution in [1.29, 1.82) is 0 Å². The molecule has 0 spiro atoms. The fourth-order valence-electron chi connectivity index (χ4n) is 2.53. The molecule has 0 unspecified atom stereocenters. The maximum absolute atomic E-state index is 11.9. The second kappa shape index (κ2) is 5.14. The third kappa shape index (κ3) is 2.23. The zero-order chi connectivity index (χ0) is 15.0. The number of aromatic nitrogens is 2. The fraction of sp³-hybridized carbons (Fsp3) is 0.267. The Morgan fingerprint density at radius 2 is 2.05 bits per heavy atom. The molecule has 108 valence electrons. The van der Waals surface area contributed by atoms with Crippen LogP contribution in [0, 0.1) is 13.8 Å². The monoisotopic (exact) mass is 283 g/mol. The number of nitrogens with one attached hydrogen (secondary N) is 1. The van der Waals surface area contributed by atoms with Gasteiger partial charge in [0.1, 0.15) is 6.54 Å². The molecule has 0 radical (unpaired) electrons. The van der Waals surface area contributed by atoms with Crippen molar-refractivity contribution in [3.63, 3.8) is 0 Å². The summed E-state index contributed by atoms with van der Waals surface area (Å²) in [7, 11) is 0. The zero-order valence-electron chi connectivity index (χ0n) is 12.1. The minimum absolute atomic E-state index is 0.0725. The van der Waals surface area contributed by atoms with Crippen molar-refractivity contribution in [2.45, 2.75) is 20.4 Å². The number of aryl methyl sites for hydroxylation is 1. The molecule has 0 saturated carbocycles. The zero-order valence-corrected chi connectivity index (χ0v) is 12.1. The highest BCUT2D eigenvalue weighted by molar-refractivity contribution is 6.03. The van der Waals surface area contributed by atoms with Gasteiger partial charge >= 0.3 is 0 Å². The number of anilines is 3. The second-order valence-corrected chi connectivity index (χ2v) is 5.07. The topological polar surface area (TPSA) is 84.1 Å². The predicted molar refractivity (Wildman–Crippen MR) is 81.5 cm³/mol. The summed E-state index contributed by atoms with van der Waals surface area (Å²) in [5.41, 5.74) is 10.4. The quantitative estimate of drug-likeness (QED) is 0.875. The van der Waals surface area contributed by atoms with Gasteiger partial charge in [0.25, 0.3) is 0 Å². The van der Waals surface area contributed by atoms with Gasteiger partial charge in [0.05, 0.1) is 17.1 Å². The number of nitrogens with two attached hydrogens (primary N) is 1. The van der Waals surface area contributed by atoms with E-state index >= 15 is 0 Å². The molecule has 3 N–H and O–H groups in total. The fourth-order valence-corrected chi connectivity index (χ4v) is 2.53. The number of carbonyl (C=O) groups excluding carboxylic acids is 1. The Kier molecular flexibility index (Phi) is 3.31. The van der Waals surface area contributed by atoms with Crippen LogP contribution >= 0.6 is 0 Å². The summed E-state index contributed by atoms with van der Waals surface area (Å²) in [4.78, 5) is 13.8. The molecule has 0 aliphatic carbocycles. The van der Waals surface area contributed by atoms with E-state index in [1.54, 1.807) is 0 Å². The highest BCUT2D eigenvalue weighted by atomic mass is 16.2. The summed E-state index contributed by atoms with van der Waals surface area (Å²) in [6.45, 7) is 4.45. The highest BCUT2D eigenvalue weighted by Crippen LogP contribution is 2.35. The van der Waals surface area contributed by atoms with E-state index in [0.29, 0.717) is 12.4 Å². The molecule has 6 nitrogen and oxygen atoms in total. The van der Waals surface area contributed by atoms with Gasteiger partial charge in [0.2, 0.25) is 5.91 Å². The van der Waals surface area contributed by atoms with E-state index in [9.17, 15) is 4.79 Å². The van der Waals surface area contributed by atoms with E-state index < -0.39 is 0 Å². The van der Waals surface area contributed by atoms with Gasteiger partial charge in [-0.25, -0.2) is 0 Å². The first-order valence-corrected chi connectivity index (χ1v) is 6.81. The molecule has 1 amide bonds. The molecule has 0 fully saturated rings. The molecule has 1 aromatic heterocycles. The van der Waals surface area contributed by atoms with Crippen molar-refractivity contribution >= 4 is 23.1 Å². The lowest BCUT2D eigenvalue weighted by atomic mass is 10.1. The molecule has 1 aliphatic heterocycles. The summed E-state index contributed by atoms with van der Waals surface area (Å²) in [6, 6.07) is 7.64. The Labute approximate surface area is 123 Å². The third-order valence-corrected chi connectivity index (χ3v) is 3.79. The van der Waals surface area contributed by atoms with Crippen LogP contribution in [0.5, 0.6) is 0 Å². The minimum Gasteiger partial charge on any atom is -0.326 e. The number of benzene rings is 1. The van der Waals surface area contributed by atoms with Crippen LogP contribution in [0.4, 0.5) is 17.2 Å². The molecule has 2 heterocycles. The van der Waals surface area contributed by atoms with E-state index in [-0.39, 0.29) is 12.5 Å². The Morgan fingerprint density at radius 1 is 1.29 bits per heavy atom. The molecule has 2 aromatic rings. The summed E-state index contributed by atoms with van der Waals surface area (Å²) < 4.78 is 0. The van der Waals surface area contributed by atoms with Crippen molar-refractivity contribution in [2.24, 2.45) is 5.73 Å². The number of amides is 1. The predicted octanol–water partition coefficient (Wildman–Crippen LogP) is 1.64. The second-order valence-electron chi connectivity index (χ2n) is 5.07. The van der Waals surface area contributed by atoms with Crippen LogP contribution in [0.2, 0.25) is 0 Å². The molecule has 0 saturated heterocycles. The number of fused-ring (bicyclic) bond motifs is 1. The number of rotatable bonds is 2. The van der Waals surface area contributed by atoms with Gasteiger partial charge in [-0.1, -0.05) is 12.1 Å². The third-order valence-electron chi connectivity index (χ3n) is 3.79. The van der Waals surface area contributed by atoms with Crippen LogP contribution in [0.25, 0.3) is 0 Å². The van der Waals surface area contributed by atoms with Gasteiger partial charge in [0.15, 0.2) is 5.82 Å². The Balaban J connectivity index is 2.17. The molecule has 21 heavy (non-hydrogen) atoms. The SMILES string of the molecule is Cc1nnc(N2CC(=O)Nc3ccccc32)c(CN)c1C. The van der Waals surface area contributed by atoms with Crippen LogP contribution in [0.1, 0.15) is 16.8 Å². The van der Waals surface area contributed by atoms with Crippen LogP contribution in [0.3, 0.4) is 0 Å². The van der Waals surface area contributed by atoms with Crippen LogP contribution < -0.4 is 16.0 Å². The molecule has 1 aliphatic rings. The highest BCUT2D eigenvalue weighted by Gasteiger charge is 2.26. The number of nitrogens with zero attached hydrogens (tertiary/aromatic N) is 3. The Bertz CT molecular complexity index is 713.